The largest absolute Gasteiger partial charge is 0.323 e. The molecule has 0 aliphatic heterocycles. The van der Waals surface area contributed by atoms with Gasteiger partial charge in [-0.3, -0.25) is 0 Å². The molecule has 0 amide bonds. The lowest BCUT2D eigenvalue weighted by Crippen LogP contribution is -2.41. The number of hydrogen-bond donors (Lipinski definition) is 1. The summed E-state index contributed by atoms with van der Waals surface area (Å²) in [4.78, 5) is 2.44. The molecule has 1 aromatic rings. The van der Waals surface area contributed by atoms with Gasteiger partial charge >= 0.3 is 0 Å². The number of aryl methyl sites for hydroxylation is 3. The maximum absolute atomic E-state index is 6.42. The smallest absolute Gasteiger partial charge is 0.0429 e. The molecule has 0 aromatic heterocycles. The highest BCUT2D eigenvalue weighted by Gasteiger charge is 2.24. The van der Waals surface area contributed by atoms with Crippen molar-refractivity contribution < 1.29 is 0 Å². The first-order valence-electron chi connectivity index (χ1n) is 7.02. The first-order valence-corrected chi connectivity index (χ1v) is 7.02. The molecule has 0 spiro atoms. The quantitative estimate of drug-likeness (QED) is 0.884. The van der Waals surface area contributed by atoms with Crippen molar-refractivity contribution in [3.8, 4) is 0 Å². The molecule has 0 radical (unpaired) electrons. The fourth-order valence-corrected chi connectivity index (χ4v) is 3.15. The average molecular weight is 246 g/mol. The molecular formula is C16H26N2. The summed E-state index contributed by atoms with van der Waals surface area (Å²) in [6.07, 6.45) is 4.07. The van der Waals surface area contributed by atoms with Crippen molar-refractivity contribution in [1.82, 2.24) is 4.90 Å². The van der Waals surface area contributed by atoms with Crippen molar-refractivity contribution in [2.75, 3.05) is 13.6 Å². The van der Waals surface area contributed by atoms with Crippen LogP contribution in [0.5, 0.6) is 0 Å². The van der Waals surface area contributed by atoms with Crippen molar-refractivity contribution in [2.24, 2.45) is 5.73 Å². The summed E-state index contributed by atoms with van der Waals surface area (Å²) in [6.45, 7) is 7.47. The maximum Gasteiger partial charge on any atom is 0.0429 e. The highest BCUT2D eigenvalue weighted by Crippen LogP contribution is 2.27. The lowest BCUT2D eigenvalue weighted by atomic mass is 9.90. The molecule has 18 heavy (non-hydrogen) atoms. The van der Waals surface area contributed by atoms with Gasteiger partial charge in [0.25, 0.3) is 0 Å². The van der Waals surface area contributed by atoms with Gasteiger partial charge in [-0.1, -0.05) is 24.1 Å². The SMILES string of the molecule is Cc1cc(C)c(C(N)CN(C)C2CCC2)c(C)c1. The van der Waals surface area contributed by atoms with E-state index in [9.17, 15) is 0 Å². The zero-order valence-electron chi connectivity index (χ0n) is 12.2. The molecule has 1 aliphatic rings. The van der Waals surface area contributed by atoms with Gasteiger partial charge in [0.15, 0.2) is 0 Å². The number of benzene rings is 1. The predicted molar refractivity (Wildman–Crippen MR) is 77.9 cm³/mol. The normalized spacial score (nSPS) is 17.9. The fraction of sp³-hybridized carbons (Fsp3) is 0.625. The van der Waals surface area contributed by atoms with Gasteiger partial charge in [0, 0.05) is 18.6 Å². The van der Waals surface area contributed by atoms with E-state index < -0.39 is 0 Å². The minimum Gasteiger partial charge on any atom is -0.323 e. The number of rotatable bonds is 4. The Balaban J connectivity index is 2.10. The highest BCUT2D eigenvalue weighted by atomic mass is 15.1. The van der Waals surface area contributed by atoms with Gasteiger partial charge in [-0.05, 0) is 57.4 Å². The van der Waals surface area contributed by atoms with Crippen LogP contribution in [0.4, 0.5) is 0 Å². The fourth-order valence-electron chi connectivity index (χ4n) is 3.15. The summed E-state index contributed by atoms with van der Waals surface area (Å²) in [5, 5.41) is 0. The average Bonchev–Trinajstić information content (AvgIpc) is 2.11. The Bertz CT molecular complexity index is 398. The van der Waals surface area contributed by atoms with Gasteiger partial charge < -0.3 is 10.6 Å². The minimum atomic E-state index is 0.135. The van der Waals surface area contributed by atoms with E-state index in [1.165, 1.54) is 41.5 Å². The lowest BCUT2D eigenvalue weighted by Gasteiger charge is -2.36. The Morgan fingerprint density at radius 2 is 1.78 bits per heavy atom. The van der Waals surface area contributed by atoms with Crippen LogP contribution in [0.2, 0.25) is 0 Å². The number of hydrogen-bond acceptors (Lipinski definition) is 2. The van der Waals surface area contributed by atoms with Crippen LogP contribution in [-0.4, -0.2) is 24.5 Å². The van der Waals surface area contributed by atoms with Gasteiger partial charge in [-0.25, -0.2) is 0 Å². The highest BCUT2D eigenvalue weighted by molar-refractivity contribution is 5.39. The van der Waals surface area contributed by atoms with Crippen LogP contribution in [-0.2, 0) is 0 Å². The Labute approximate surface area is 111 Å². The van der Waals surface area contributed by atoms with E-state index in [1.807, 2.05) is 0 Å². The van der Waals surface area contributed by atoms with E-state index in [4.69, 9.17) is 5.73 Å². The van der Waals surface area contributed by atoms with Crippen LogP contribution < -0.4 is 5.73 Å². The van der Waals surface area contributed by atoms with E-state index >= 15 is 0 Å². The van der Waals surface area contributed by atoms with Crippen molar-refractivity contribution in [1.29, 1.82) is 0 Å². The molecule has 0 heterocycles. The Morgan fingerprint density at radius 3 is 2.22 bits per heavy atom. The molecule has 1 fully saturated rings. The lowest BCUT2D eigenvalue weighted by molar-refractivity contribution is 0.151. The molecule has 0 bridgehead atoms. The van der Waals surface area contributed by atoms with Crippen molar-refractivity contribution in [3.05, 3.63) is 34.4 Å². The van der Waals surface area contributed by atoms with E-state index in [-0.39, 0.29) is 6.04 Å². The van der Waals surface area contributed by atoms with E-state index in [2.05, 4.69) is 44.9 Å². The Morgan fingerprint density at radius 1 is 1.22 bits per heavy atom. The van der Waals surface area contributed by atoms with Crippen LogP contribution in [0, 0.1) is 20.8 Å². The monoisotopic (exact) mass is 246 g/mol. The topological polar surface area (TPSA) is 29.3 Å². The number of nitrogens with zero attached hydrogens (tertiary/aromatic N) is 1. The maximum atomic E-state index is 6.42. The molecular weight excluding hydrogens is 220 g/mol. The standard InChI is InChI=1S/C16H26N2/c1-11-8-12(2)16(13(3)9-11)15(17)10-18(4)14-6-5-7-14/h8-9,14-15H,5-7,10,17H2,1-4H3. The molecule has 1 saturated carbocycles. The Kier molecular flexibility index (Phi) is 4.08. The third-order valence-corrected chi connectivity index (χ3v) is 4.29. The summed E-state index contributed by atoms with van der Waals surface area (Å²) < 4.78 is 0. The molecule has 1 unspecified atom stereocenters. The van der Waals surface area contributed by atoms with E-state index in [0.717, 1.165) is 12.6 Å². The zero-order chi connectivity index (χ0) is 13.3. The molecule has 2 nitrogen and oxygen atoms in total. The first kappa shape index (κ1) is 13.6. The predicted octanol–water partition coefficient (Wildman–Crippen LogP) is 3.10. The summed E-state index contributed by atoms with van der Waals surface area (Å²) >= 11 is 0. The van der Waals surface area contributed by atoms with Crippen LogP contribution in [0.25, 0.3) is 0 Å². The molecule has 1 aliphatic carbocycles. The number of likely N-dealkylation sites (N-methyl/N-ethyl adjacent to an activating group) is 1. The van der Waals surface area contributed by atoms with Crippen LogP contribution in [0.3, 0.4) is 0 Å². The Hall–Kier alpha value is -0.860. The summed E-state index contributed by atoms with van der Waals surface area (Å²) in [5.41, 5.74) is 11.8. The van der Waals surface area contributed by atoms with Gasteiger partial charge in [0.2, 0.25) is 0 Å². The van der Waals surface area contributed by atoms with Crippen molar-refractivity contribution in [3.63, 3.8) is 0 Å². The van der Waals surface area contributed by atoms with Crippen LogP contribution in [0.15, 0.2) is 12.1 Å². The molecule has 100 valence electrons. The second-order valence-corrected chi connectivity index (χ2v) is 5.94. The van der Waals surface area contributed by atoms with Crippen molar-refractivity contribution >= 4 is 0 Å². The summed E-state index contributed by atoms with van der Waals surface area (Å²) in [6, 6.07) is 5.38. The second kappa shape index (κ2) is 5.41. The minimum absolute atomic E-state index is 0.135. The molecule has 0 saturated heterocycles. The van der Waals surface area contributed by atoms with E-state index in [1.54, 1.807) is 0 Å². The second-order valence-electron chi connectivity index (χ2n) is 5.94. The van der Waals surface area contributed by atoms with Gasteiger partial charge in [0.05, 0.1) is 0 Å². The molecule has 2 rings (SSSR count). The van der Waals surface area contributed by atoms with Gasteiger partial charge in [-0.15, -0.1) is 0 Å². The summed E-state index contributed by atoms with van der Waals surface area (Å²) in [5.74, 6) is 0. The van der Waals surface area contributed by atoms with Gasteiger partial charge in [-0.2, -0.15) is 0 Å². The summed E-state index contributed by atoms with van der Waals surface area (Å²) in [7, 11) is 2.21. The van der Waals surface area contributed by atoms with E-state index in [0.29, 0.717) is 0 Å². The van der Waals surface area contributed by atoms with Crippen LogP contribution >= 0.6 is 0 Å². The molecule has 2 N–H and O–H groups in total. The molecule has 2 heteroatoms. The molecule has 1 atom stereocenters. The third kappa shape index (κ3) is 2.76. The number of nitrogens with two attached hydrogens (primary N) is 1. The van der Waals surface area contributed by atoms with Gasteiger partial charge in [0.1, 0.15) is 0 Å². The third-order valence-electron chi connectivity index (χ3n) is 4.29. The first-order chi connectivity index (χ1) is 8.49. The van der Waals surface area contributed by atoms with Crippen LogP contribution in [0.1, 0.15) is 47.6 Å². The van der Waals surface area contributed by atoms with Crippen molar-refractivity contribution in [2.45, 2.75) is 52.1 Å². The molecule has 1 aromatic carbocycles. The zero-order valence-corrected chi connectivity index (χ0v) is 12.2.